The molecule has 3 atom stereocenters. The predicted octanol–water partition coefficient (Wildman–Crippen LogP) is -2.39. The molecule has 3 aliphatic heterocycles. The molecule has 0 aromatic heterocycles. The van der Waals surface area contributed by atoms with Crippen molar-refractivity contribution in [3.05, 3.63) is 11.8 Å². The first kappa shape index (κ1) is 18.6. The highest BCUT2D eigenvalue weighted by Crippen LogP contribution is 2.27. The van der Waals surface area contributed by atoms with Crippen LogP contribution in [0, 0.1) is 0 Å². The van der Waals surface area contributed by atoms with Crippen molar-refractivity contribution < 1.29 is 28.7 Å². The molecule has 0 spiro atoms. The SMILES string of the molecule is NC(=O)[C@@H]1CCCN1C(=O)[C@@H](N)CC1(C(=O)C2=COC(=O)C2=O)C=NC=N1. The maximum atomic E-state index is 12.8. The third-order valence-electron chi connectivity index (χ3n) is 4.71. The number of likely N-dealkylation sites (tertiary alicyclic amines) is 1. The number of amides is 2. The van der Waals surface area contributed by atoms with Gasteiger partial charge in [-0.1, -0.05) is 0 Å². The van der Waals surface area contributed by atoms with Gasteiger partial charge in [0.15, 0.2) is 5.54 Å². The average Bonchev–Trinajstić information content (AvgIpc) is 3.36. The second-order valence-corrected chi connectivity index (χ2v) is 6.44. The number of primary amides is 1. The van der Waals surface area contributed by atoms with Crippen molar-refractivity contribution in [1.29, 1.82) is 0 Å². The van der Waals surface area contributed by atoms with Gasteiger partial charge in [0.25, 0.3) is 5.78 Å². The number of ketones is 2. The van der Waals surface area contributed by atoms with E-state index in [1.807, 2.05) is 0 Å². The maximum Gasteiger partial charge on any atom is 0.384 e. The summed E-state index contributed by atoms with van der Waals surface area (Å²) in [6.07, 6.45) is 3.77. The monoisotopic (exact) mass is 375 g/mol. The Morgan fingerprint density at radius 1 is 1.37 bits per heavy atom. The first-order valence-corrected chi connectivity index (χ1v) is 8.20. The zero-order valence-electron chi connectivity index (χ0n) is 14.2. The summed E-state index contributed by atoms with van der Waals surface area (Å²) in [7, 11) is 0. The van der Waals surface area contributed by atoms with E-state index >= 15 is 0 Å². The van der Waals surface area contributed by atoms with Crippen molar-refractivity contribution in [2.45, 2.75) is 36.9 Å². The molecule has 27 heavy (non-hydrogen) atoms. The van der Waals surface area contributed by atoms with Gasteiger partial charge in [0.1, 0.15) is 24.2 Å². The van der Waals surface area contributed by atoms with Crippen LogP contribution in [0.15, 0.2) is 21.8 Å². The standard InChI is InChI=1S/C16H17N5O6/c17-9(14(25)21-3-1-2-10(21)13(18)24)4-16(6-19-7-20-16)12(23)8-5-27-15(26)11(8)22/h5-7,9-10H,1-4,17H2,(H2,18,24)/t9-,10-,16?/m0/s1. The van der Waals surface area contributed by atoms with Gasteiger partial charge in [0, 0.05) is 19.2 Å². The van der Waals surface area contributed by atoms with Gasteiger partial charge >= 0.3 is 5.97 Å². The molecule has 0 aliphatic carbocycles. The van der Waals surface area contributed by atoms with Gasteiger partial charge in [-0.2, -0.15) is 0 Å². The molecule has 0 aromatic rings. The zero-order chi connectivity index (χ0) is 19.8. The van der Waals surface area contributed by atoms with Gasteiger partial charge in [-0.3, -0.25) is 24.2 Å². The summed E-state index contributed by atoms with van der Waals surface area (Å²) in [4.78, 5) is 69.0. The number of hydrogen-bond donors (Lipinski definition) is 2. The van der Waals surface area contributed by atoms with Crippen molar-refractivity contribution in [3.8, 4) is 0 Å². The van der Waals surface area contributed by atoms with E-state index < -0.39 is 52.5 Å². The molecule has 142 valence electrons. The number of Topliss-reactive ketones (excluding diaryl/α,β-unsaturated/α-hetero) is 2. The molecule has 0 radical (unpaired) electrons. The normalized spacial score (nSPS) is 27.7. The topological polar surface area (TPSA) is 175 Å². The number of hydrogen-bond acceptors (Lipinski definition) is 9. The molecule has 1 saturated heterocycles. The lowest BCUT2D eigenvalue weighted by Crippen LogP contribution is -2.54. The summed E-state index contributed by atoms with van der Waals surface area (Å²) < 4.78 is 4.45. The number of aliphatic imine (C=N–C) groups is 2. The molecular weight excluding hydrogens is 358 g/mol. The summed E-state index contributed by atoms with van der Waals surface area (Å²) in [6, 6.07) is -1.95. The van der Waals surface area contributed by atoms with Crippen molar-refractivity contribution >= 4 is 41.9 Å². The highest BCUT2D eigenvalue weighted by molar-refractivity contribution is 6.50. The predicted molar refractivity (Wildman–Crippen MR) is 90.4 cm³/mol. The summed E-state index contributed by atoms with van der Waals surface area (Å²) in [6.45, 7) is 0.324. The highest BCUT2D eigenvalue weighted by atomic mass is 16.5. The van der Waals surface area contributed by atoms with Crippen LogP contribution in [0.4, 0.5) is 0 Å². The van der Waals surface area contributed by atoms with Crippen molar-refractivity contribution in [2.75, 3.05) is 6.54 Å². The van der Waals surface area contributed by atoms with Crippen LogP contribution in [-0.2, 0) is 28.7 Å². The lowest BCUT2D eigenvalue weighted by Gasteiger charge is -2.29. The number of esters is 1. The molecule has 0 aromatic carbocycles. The summed E-state index contributed by atoms with van der Waals surface area (Å²) in [5.74, 6) is -4.29. The number of ether oxygens (including phenoxy) is 1. The first-order valence-electron chi connectivity index (χ1n) is 8.20. The smallest absolute Gasteiger partial charge is 0.384 e. The molecule has 11 nitrogen and oxygen atoms in total. The van der Waals surface area contributed by atoms with E-state index in [0.29, 0.717) is 19.4 Å². The fraction of sp³-hybridized carbons (Fsp3) is 0.438. The van der Waals surface area contributed by atoms with Crippen LogP contribution in [0.25, 0.3) is 0 Å². The molecule has 3 heterocycles. The minimum atomic E-state index is -1.70. The van der Waals surface area contributed by atoms with Gasteiger partial charge in [0.05, 0.1) is 6.04 Å². The molecule has 3 rings (SSSR count). The fourth-order valence-electron chi connectivity index (χ4n) is 3.32. The molecule has 0 saturated carbocycles. The van der Waals surface area contributed by atoms with Gasteiger partial charge in [-0.15, -0.1) is 0 Å². The second kappa shape index (κ2) is 6.83. The molecule has 11 heteroatoms. The van der Waals surface area contributed by atoms with Crippen LogP contribution in [0.3, 0.4) is 0 Å². The van der Waals surface area contributed by atoms with Crippen LogP contribution >= 0.6 is 0 Å². The van der Waals surface area contributed by atoms with E-state index in [4.69, 9.17) is 11.5 Å². The number of nitrogens with zero attached hydrogens (tertiary/aromatic N) is 3. The Morgan fingerprint density at radius 3 is 2.67 bits per heavy atom. The van der Waals surface area contributed by atoms with Gasteiger partial charge in [-0.05, 0) is 12.8 Å². The van der Waals surface area contributed by atoms with Gasteiger partial charge < -0.3 is 21.1 Å². The number of cyclic esters (lactones) is 1. The zero-order valence-corrected chi connectivity index (χ0v) is 14.2. The molecule has 2 amide bonds. The van der Waals surface area contributed by atoms with E-state index in [2.05, 4.69) is 14.7 Å². The molecule has 4 N–H and O–H groups in total. The molecular formula is C16H17N5O6. The number of rotatable bonds is 6. The van der Waals surface area contributed by atoms with Crippen LogP contribution < -0.4 is 11.5 Å². The third-order valence-corrected chi connectivity index (χ3v) is 4.71. The number of carbonyl (C=O) groups excluding carboxylic acids is 5. The van der Waals surface area contributed by atoms with Crippen LogP contribution in [0.5, 0.6) is 0 Å². The Kier molecular flexibility index (Phi) is 4.70. The summed E-state index contributed by atoms with van der Waals surface area (Å²) in [5.41, 5.74) is 9.11. The molecule has 1 unspecified atom stereocenters. The Labute approximate surface area is 153 Å². The molecule has 3 aliphatic rings. The van der Waals surface area contributed by atoms with Crippen LogP contribution in [0.2, 0.25) is 0 Å². The van der Waals surface area contributed by atoms with Crippen LogP contribution in [0.1, 0.15) is 19.3 Å². The maximum absolute atomic E-state index is 12.8. The first-order chi connectivity index (χ1) is 12.8. The fourth-order valence-corrected chi connectivity index (χ4v) is 3.32. The van der Waals surface area contributed by atoms with Gasteiger partial charge in [0.2, 0.25) is 17.6 Å². The largest absolute Gasteiger partial charge is 0.428 e. The van der Waals surface area contributed by atoms with E-state index in [-0.39, 0.29) is 6.42 Å². The Hall–Kier alpha value is -3.21. The Balaban J connectivity index is 1.79. The highest BCUT2D eigenvalue weighted by Gasteiger charge is 2.48. The Bertz CT molecular complexity index is 817. The lowest BCUT2D eigenvalue weighted by molar-refractivity contribution is -0.146. The lowest BCUT2D eigenvalue weighted by atomic mass is 9.84. The minimum absolute atomic E-state index is 0.300. The van der Waals surface area contributed by atoms with E-state index in [1.165, 1.54) is 4.90 Å². The van der Waals surface area contributed by atoms with Crippen molar-refractivity contribution in [3.63, 3.8) is 0 Å². The number of carbonyl (C=O) groups is 5. The third kappa shape index (κ3) is 3.16. The van der Waals surface area contributed by atoms with E-state index in [9.17, 15) is 24.0 Å². The Morgan fingerprint density at radius 2 is 2.11 bits per heavy atom. The quantitative estimate of drug-likeness (QED) is 0.296. The summed E-state index contributed by atoms with van der Waals surface area (Å²) >= 11 is 0. The van der Waals surface area contributed by atoms with E-state index in [1.54, 1.807) is 0 Å². The summed E-state index contributed by atoms with van der Waals surface area (Å²) in [5, 5.41) is 0. The number of nitrogens with two attached hydrogens (primary N) is 2. The minimum Gasteiger partial charge on any atom is -0.428 e. The van der Waals surface area contributed by atoms with Gasteiger partial charge in [-0.25, -0.2) is 9.79 Å². The van der Waals surface area contributed by atoms with Crippen LogP contribution in [-0.4, -0.2) is 71.0 Å². The average molecular weight is 375 g/mol. The van der Waals surface area contributed by atoms with E-state index in [0.717, 1.165) is 18.8 Å². The van der Waals surface area contributed by atoms with Crippen molar-refractivity contribution in [2.24, 2.45) is 21.5 Å². The van der Waals surface area contributed by atoms with Crippen molar-refractivity contribution in [1.82, 2.24) is 4.90 Å². The molecule has 0 bridgehead atoms. The molecule has 1 fully saturated rings. The second-order valence-electron chi connectivity index (χ2n) is 6.44.